The molecule has 0 aromatic rings. The number of carbonyl (C=O) groups is 2. The van der Waals surface area contributed by atoms with E-state index in [4.69, 9.17) is 4.74 Å². The van der Waals surface area contributed by atoms with Crippen molar-refractivity contribution < 1.29 is 19.4 Å². The van der Waals surface area contributed by atoms with Gasteiger partial charge in [0, 0.05) is 23.3 Å². The molecule has 0 radical (unpaired) electrons. The molecule has 4 rings (SSSR count). The van der Waals surface area contributed by atoms with Crippen molar-refractivity contribution in [3.05, 3.63) is 34.9 Å². The number of cyclic esters (lactones) is 1. The van der Waals surface area contributed by atoms with Crippen LogP contribution in [0.2, 0.25) is 0 Å². The number of aliphatic hydroxyl groups is 1. The van der Waals surface area contributed by atoms with Gasteiger partial charge < -0.3 is 9.84 Å². The Morgan fingerprint density at radius 1 is 1.18 bits per heavy atom. The molecule has 4 nitrogen and oxygen atoms in total. The van der Waals surface area contributed by atoms with Gasteiger partial charge in [-0.05, 0) is 69.4 Å². The highest BCUT2D eigenvalue weighted by atomic mass is 16.6. The summed E-state index contributed by atoms with van der Waals surface area (Å²) < 4.78 is 5.70. The number of Topliss-reactive ketones (excluding diaryl/α,β-unsaturated/α-hetero) is 1. The fraction of sp³-hybridized carbons (Fsp3) is 0.667. The van der Waals surface area contributed by atoms with Crippen LogP contribution in [-0.2, 0) is 14.3 Å². The zero-order valence-electron chi connectivity index (χ0n) is 17.7. The predicted molar refractivity (Wildman–Crippen MR) is 107 cm³/mol. The minimum Gasteiger partial charge on any atom is -0.456 e. The molecule has 1 saturated carbocycles. The largest absolute Gasteiger partial charge is 0.456 e. The van der Waals surface area contributed by atoms with Gasteiger partial charge in [-0.3, -0.25) is 4.79 Å². The summed E-state index contributed by atoms with van der Waals surface area (Å²) >= 11 is 0. The van der Waals surface area contributed by atoms with E-state index in [0.29, 0.717) is 6.42 Å². The number of hydrogen-bond donors (Lipinski definition) is 1. The van der Waals surface area contributed by atoms with Crippen molar-refractivity contribution >= 4 is 11.8 Å². The lowest BCUT2D eigenvalue weighted by Gasteiger charge is -2.51. The topological polar surface area (TPSA) is 63.6 Å². The van der Waals surface area contributed by atoms with Crippen LogP contribution in [-0.4, -0.2) is 28.6 Å². The second-order valence-corrected chi connectivity index (χ2v) is 10.1. The fourth-order valence-corrected chi connectivity index (χ4v) is 6.71. The highest BCUT2D eigenvalue weighted by Gasteiger charge is 2.63. The number of esters is 1. The van der Waals surface area contributed by atoms with Crippen LogP contribution in [0.25, 0.3) is 0 Å². The zero-order valence-corrected chi connectivity index (χ0v) is 17.7. The number of allylic oxidation sites excluding steroid dienone is 3. The van der Waals surface area contributed by atoms with Crippen molar-refractivity contribution in [3.63, 3.8) is 0 Å². The molecular formula is C24H32O4. The maximum Gasteiger partial charge on any atom is 0.331 e. The Labute approximate surface area is 167 Å². The maximum atomic E-state index is 12.4. The van der Waals surface area contributed by atoms with Crippen LogP contribution in [0.5, 0.6) is 0 Å². The summed E-state index contributed by atoms with van der Waals surface area (Å²) in [5, 5.41) is 11.1. The van der Waals surface area contributed by atoms with Crippen molar-refractivity contribution in [2.24, 2.45) is 22.7 Å². The van der Waals surface area contributed by atoms with E-state index in [1.165, 1.54) is 17.2 Å². The van der Waals surface area contributed by atoms with Gasteiger partial charge in [0.25, 0.3) is 0 Å². The van der Waals surface area contributed by atoms with Gasteiger partial charge in [-0.25, -0.2) is 4.79 Å². The molecule has 0 spiro atoms. The van der Waals surface area contributed by atoms with Crippen molar-refractivity contribution in [1.82, 2.24) is 0 Å². The minimum absolute atomic E-state index is 0.0831. The number of carbonyl (C=O) groups excluding carboxylic acids is 2. The van der Waals surface area contributed by atoms with Gasteiger partial charge in [-0.1, -0.05) is 31.6 Å². The number of ketones is 1. The zero-order chi connectivity index (χ0) is 20.5. The van der Waals surface area contributed by atoms with Crippen LogP contribution >= 0.6 is 0 Å². The van der Waals surface area contributed by atoms with E-state index in [9.17, 15) is 14.7 Å². The van der Waals surface area contributed by atoms with Crippen LogP contribution in [0.3, 0.4) is 0 Å². The number of fused-ring (bicyclic) bond motifs is 3. The van der Waals surface area contributed by atoms with Crippen LogP contribution in [0.1, 0.15) is 66.7 Å². The Bertz CT molecular complexity index is 830. The lowest BCUT2D eigenvalue weighted by Crippen LogP contribution is -2.47. The summed E-state index contributed by atoms with van der Waals surface area (Å²) in [5.74, 6) is -0.0488. The standard InChI is InChI=1S/C24H32O4/c1-14(25)19-13-20(26)24(5)18-8-7-17-15(6-9-21(27)28-22(17,2)3)12-16(18)10-11-23(19,24)4/h6,9,12,17,19-20,26H,7-8,10-11,13H2,1-5H3. The normalized spacial score (nSPS) is 41.9. The van der Waals surface area contributed by atoms with Crippen molar-refractivity contribution in [2.45, 2.75) is 78.4 Å². The molecule has 4 aliphatic rings. The van der Waals surface area contributed by atoms with Crippen molar-refractivity contribution in [3.8, 4) is 0 Å². The molecule has 5 atom stereocenters. The van der Waals surface area contributed by atoms with E-state index in [2.05, 4.69) is 19.9 Å². The van der Waals surface area contributed by atoms with Gasteiger partial charge in [-0.2, -0.15) is 0 Å². The van der Waals surface area contributed by atoms with Crippen molar-refractivity contribution in [1.29, 1.82) is 0 Å². The molecule has 0 saturated heterocycles. The third-order valence-corrected chi connectivity index (χ3v) is 8.54. The smallest absolute Gasteiger partial charge is 0.331 e. The molecular weight excluding hydrogens is 352 g/mol. The Balaban J connectivity index is 1.82. The third-order valence-electron chi connectivity index (χ3n) is 8.54. The number of rotatable bonds is 1. The van der Waals surface area contributed by atoms with Crippen molar-refractivity contribution in [2.75, 3.05) is 0 Å². The van der Waals surface area contributed by atoms with Gasteiger partial charge in [0.05, 0.1) is 6.10 Å². The molecule has 0 aromatic heterocycles. The van der Waals surface area contributed by atoms with Crippen LogP contribution in [0, 0.1) is 22.7 Å². The lowest BCUT2D eigenvalue weighted by molar-refractivity contribution is -0.153. The SMILES string of the molecule is CC(=O)C1CC(O)C2(C)C3=C(C=C4C=CC(=O)OC(C)(C)C4CC3)CCC12C. The fourth-order valence-electron chi connectivity index (χ4n) is 6.71. The molecule has 28 heavy (non-hydrogen) atoms. The van der Waals surface area contributed by atoms with Crippen LogP contribution < -0.4 is 0 Å². The van der Waals surface area contributed by atoms with Gasteiger partial charge in [0.2, 0.25) is 0 Å². The highest BCUT2D eigenvalue weighted by Crippen LogP contribution is 2.66. The van der Waals surface area contributed by atoms with Gasteiger partial charge in [-0.15, -0.1) is 0 Å². The van der Waals surface area contributed by atoms with E-state index < -0.39 is 11.7 Å². The quantitative estimate of drug-likeness (QED) is 0.685. The first-order valence-electron chi connectivity index (χ1n) is 10.5. The van der Waals surface area contributed by atoms with Crippen LogP contribution in [0.15, 0.2) is 34.9 Å². The molecule has 5 unspecified atom stereocenters. The van der Waals surface area contributed by atoms with Gasteiger partial charge in [0.15, 0.2) is 0 Å². The predicted octanol–water partition coefficient (Wildman–Crippen LogP) is 4.29. The minimum atomic E-state index is -0.568. The summed E-state index contributed by atoms with van der Waals surface area (Å²) in [5.41, 5.74) is 2.58. The van der Waals surface area contributed by atoms with Gasteiger partial charge >= 0.3 is 5.97 Å². The summed E-state index contributed by atoms with van der Waals surface area (Å²) in [6.07, 6.45) is 9.30. The number of ether oxygens (including phenoxy) is 1. The average Bonchev–Trinajstić information content (AvgIpc) is 2.73. The lowest BCUT2D eigenvalue weighted by atomic mass is 9.53. The van der Waals surface area contributed by atoms with E-state index in [-0.39, 0.29) is 34.4 Å². The second-order valence-electron chi connectivity index (χ2n) is 10.1. The molecule has 3 aliphatic carbocycles. The van der Waals surface area contributed by atoms with Crippen LogP contribution in [0.4, 0.5) is 0 Å². The number of aliphatic hydroxyl groups excluding tert-OH is 1. The van der Waals surface area contributed by atoms with E-state index in [1.807, 2.05) is 19.9 Å². The third kappa shape index (κ3) is 2.53. The first-order valence-corrected chi connectivity index (χ1v) is 10.5. The molecule has 1 heterocycles. The first-order chi connectivity index (χ1) is 13.0. The molecule has 0 aromatic carbocycles. The molecule has 1 aliphatic heterocycles. The Kier molecular flexibility index (Phi) is 4.32. The first kappa shape index (κ1) is 19.6. The molecule has 0 bridgehead atoms. The molecule has 0 amide bonds. The average molecular weight is 385 g/mol. The monoisotopic (exact) mass is 384 g/mol. The van der Waals surface area contributed by atoms with E-state index in [0.717, 1.165) is 31.3 Å². The molecule has 4 heteroatoms. The Morgan fingerprint density at radius 3 is 2.57 bits per heavy atom. The summed E-state index contributed by atoms with van der Waals surface area (Å²) in [6, 6.07) is 0. The van der Waals surface area contributed by atoms with E-state index in [1.54, 1.807) is 6.92 Å². The summed E-state index contributed by atoms with van der Waals surface area (Å²) in [7, 11) is 0. The highest BCUT2D eigenvalue weighted by molar-refractivity contribution is 5.83. The Morgan fingerprint density at radius 2 is 1.89 bits per heavy atom. The second kappa shape index (κ2) is 6.16. The maximum absolute atomic E-state index is 12.4. The summed E-state index contributed by atoms with van der Waals surface area (Å²) in [4.78, 5) is 24.4. The van der Waals surface area contributed by atoms with E-state index >= 15 is 0 Å². The molecule has 1 fully saturated rings. The van der Waals surface area contributed by atoms with Gasteiger partial charge in [0.1, 0.15) is 11.4 Å². The molecule has 152 valence electrons. The Hall–Kier alpha value is -1.68. The summed E-state index contributed by atoms with van der Waals surface area (Å²) in [6.45, 7) is 10.0. The molecule has 1 N–H and O–H groups in total. The number of hydrogen-bond acceptors (Lipinski definition) is 4.